The van der Waals surface area contributed by atoms with Crippen molar-refractivity contribution in [3.8, 4) is 0 Å². The number of amides is 1. The number of rotatable bonds is 3. The number of aromatic nitrogens is 1. The zero-order chi connectivity index (χ0) is 29.4. The minimum Gasteiger partial charge on any atom is -0.475 e. The second-order valence-electron chi connectivity index (χ2n) is 8.76. The van der Waals surface area contributed by atoms with Crippen molar-refractivity contribution < 1.29 is 55.3 Å². The highest BCUT2D eigenvalue weighted by Gasteiger charge is 2.48. The average molecular weight is 567 g/mol. The normalized spacial score (nSPS) is 18.7. The van der Waals surface area contributed by atoms with Gasteiger partial charge in [-0.2, -0.15) is 26.3 Å². The lowest BCUT2D eigenvalue weighted by Gasteiger charge is -2.43. The molecule has 2 saturated heterocycles. The summed E-state index contributed by atoms with van der Waals surface area (Å²) in [5.74, 6) is -5.38. The molecule has 1 aromatic carbocycles. The molecule has 0 aliphatic carbocycles. The van der Waals surface area contributed by atoms with E-state index in [9.17, 15) is 35.5 Å². The molecule has 1 amide bonds. The lowest BCUT2D eigenvalue weighted by atomic mass is 9.74. The number of nitrogens with zero attached hydrogens (tertiary/aromatic N) is 2. The Morgan fingerprint density at radius 1 is 0.974 bits per heavy atom. The molecule has 0 saturated carbocycles. The van der Waals surface area contributed by atoms with Gasteiger partial charge in [-0.05, 0) is 42.2 Å². The van der Waals surface area contributed by atoms with Crippen LogP contribution >= 0.6 is 0 Å². The van der Waals surface area contributed by atoms with Gasteiger partial charge < -0.3 is 15.5 Å². The fourth-order valence-corrected chi connectivity index (χ4v) is 4.25. The Labute approximate surface area is 217 Å². The average Bonchev–Trinajstić information content (AvgIpc) is 3.17. The fourth-order valence-electron chi connectivity index (χ4n) is 4.25. The molecule has 39 heavy (non-hydrogen) atoms. The van der Waals surface area contributed by atoms with E-state index in [0.717, 1.165) is 43.6 Å². The number of halogens is 7. The smallest absolute Gasteiger partial charge is 0.475 e. The number of benzene rings is 1. The van der Waals surface area contributed by atoms with E-state index in [2.05, 4.69) is 21.3 Å². The van der Waals surface area contributed by atoms with Crippen molar-refractivity contribution in [1.29, 1.82) is 0 Å². The largest absolute Gasteiger partial charge is 0.490 e. The molecule has 0 bridgehead atoms. The number of likely N-dealkylation sites (tertiary alicyclic amines) is 1. The Kier molecular flexibility index (Phi) is 10.4. The molecule has 214 valence electrons. The Hall–Kier alpha value is -3.75. The van der Waals surface area contributed by atoms with Crippen LogP contribution in [-0.4, -0.2) is 68.9 Å². The van der Waals surface area contributed by atoms with E-state index in [1.807, 2.05) is 24.4 Å². The maximum Gasteiger partial charge on any atom is 0.490 e. The number of nitrogens with one attached hydrogen (secondary N) is 1. The first-order chi connectivity index (χ1) is 18.0. The van der Waals surface area contributed by atoms with Gasteiger partial charge in [-0.1, -0.05) is 18.2 Å². The van der Waals surface area contributed by atoms with E-state index in [0.29, 0.717) is 6.42 Å². The van der Waals surface area contributed by atoms with Gasteiger partial charge in [0.2, 0.25) is 5.91 Å². The highest BCUT2D eigenvalue weighted by atomic mass is 19.4. The van der Waals surface area contributed by atoms with Crippen molar-refractivity contribution >= 4 is 17.8 Å². The predicted molar refractivity (Wildman–Crippen MR) is 121 cm³/mol. The van der Waals surface area contributed by atoms with Crippen LogP contribution in [0.15, 0.2) is 48.8 Å². The maximum atomic E-state index is 13.0. The molecule has 8 nitrogen and oxygen atoms in total. The third kappa shape index (κ3) is 9.50. The van der Waals surface area contributed by atoms with Gasteiger partial charge in [0, 0.05) is 49.9 Å². The molecule has 2 aliphatic heterocycles. The van der Waals surface area contributed by atoms with Gasteiger partial charge in [0.1, 0.15) is 5.82 Å². The molecule has 15 heteroatoms. The standard InChI is InChI=1S/C20H22FN3O.2C2HF3O2/c21-17-5-3-15(4-6-17)14-24-10-7-20(8-11-24)18(12-19(25)23-20)16-2-1-9-22-13-16;2*3-2(4,5)1(6)7/h1-6,9,13,18H,7-8,10-12,14H2,(H,23,25);2*(H,6,7). The maximum absolute atomic E-state index is 13.0. The number of piperidine rings is 1. The van der Waals surface area contributed by atoms with Crippen LogP contribution in [0, 0.1) is 5.82 Å². The number of hydrogen-bond acceptors (Lipinski definition) is 5. The lowest BCUT2D eigenvalue weighted by molar-refractivity contribution is -0.193. The van der Waals surface area contributed by atoms with Crippen LogP contribution in [0.1, 0.15) is 36.3 Å². The van der Waals surface area contributed by atoms with Crippen LogP contribution in [0.2, 0.25) is 0 Å². The van der Waals surface area contributed by atoms with Gasteiger partial charge in [-0.3, -0.25) is 14.7 Å². The van der Waals surface area contributed by atoms with E-state index in [1.54, 1.807) is 6.20 Å². The molecule has 2 fully saturated rings. The molecule has 1 aromatic heterocycles. The van der Waals surface area contributed by atoms with Gasteiger partial charge in [-0.25, -0.2) is 14.0 Å². The highest BCUT2D eigenvalue weighted by molar-refractivity contribution is 5.81. The summed E-state index contributed by atoms with van der Waals surface area (Å²) in [5.41, 5.74) is 2.11. The van der Waals surface area contributed by atoms with Crippen molar-refractivity contribution in [2.75, 3.05) is 13.1 Å². The van der Waals surface area contributed by atoms with Crippen molar-refractivity contribution in [3.05, 3.63) is 65.7 Å². The van der Waals surface area contributed by atoms with E-state index < -0.39 is 24.3 Å². The summed E-state index contributed by atoms with van der Waals surface area (Å²) >= 11 is 0. The van der Waals surface area contributed by atoms with Crippen molar-refractivity contribution in [3.63, 3.8) is 0 Å². The van der Waals surface area contributed by atoms with E-state index >= 15 is 0 Å². The summed E-state index contributed by atoms with van der Waals surface area (Å²) in [6.07, 6.45) is -4.11. The van der Waals surface area contributed by atoms with Gasteiger partial charge in [-0.15, -0.1) is 0 Å². The molecule has 4 rings (SSSR count). The Balaban J connectivity index is 0.000000317. The molecule has 1 spiro atoms. The van der Waals surface area contributed by atoms with Crippen molar-refractivity contribution in [2.24, 2.45) is 0 Å². The molecule has 1 atom stereocenters. The van der Waals surface area contributed by atoms with E-state index in [4.69, 9.17) is 19.8 Å². The Morgan fingerprint density at radius 2 is 1.49 bits per heavy atom. The monoisotopic (exact) mass is 567 g/mol. The molecule has 1 unspecified atom stereocenters. The SMILES string of the molecule is O=C(O)C(F)(F)F.O=C(O)C(F)(F)F.O=C1CC(c2cccnc2)C2(CCN(Cc3ccc(F)cc3)CC2)N1. The van der Waals surface area contributed by atoms with E-state index in [-0.39, 0.29) is 23.2 Å². The summed E-state index contributed by atoms with van der Waals surface area (Å²) in [6.45, 7) is 2.67. The summed E-state index contributed by atoms with van der Waals surface area (Å²) in [4.78, 5) is 36.5. The number of carboxylic acids is 2. The zero-order valence-electron chi connectivity index (χ0n) is 20.1. The van der Waals surface area contributed by atoms with Crippen molar-refractivity contribution in [1.82, 2.24) is 15.2 Å². The van der Waals surface area contributed by atoms with Gasteiger partial charge >= 0.3 is 24.3 Å². The van der Waals surface area contributed by atoms with Gasteiger partial charge in [0.05, 0.1) is 0 Å². The topological polar surface area (TPSA) is 120 Å². The minimum absolute atomic E-state index is 0.140. The Bertz CT molecular complexity index is 1090. The summed E-state index contributed by atoms with van der Waals surface area (Å²) in [7, 11) is 0. The molecule has 2 aromatic rings. The molecule has 2 aliphatic rings. The first-order valence-corrected chi connectivity index (χ1v) is 11.3. The summed E-state index contributed by atoms with van der Waals surface area (Å²) in [6, 6.07) is 10.7. The zero-order valence-corrected chi connectivity index (χ0v) is 20.1. The molecular weight excluding hydrogens is 543 g/mol. The molecule has 3 N–H and O–H groups in total. The Morgan fingerprint density at radius 3 is 1.92 bits per heavy atom. The quantitative estimate of drug-likeness (QED) is 0.478. The van der Waals surface area contributed by atoms with E-state index in [1.165, 1.54) is 12.1 Å². The first kappa shape index (κ1) is 31.5. The number of alkyl halides is 6. The van der Waals surface area contributed by atoms with Crippen LogP contribution in [-0.2, 0) is 20.9 Å². The number of hydrogen-bond donors (Lipinski definition) is 3. The molecule has 0 radical (unpaired) electrons. The van der Waals surface area contributed by atoms with Gasteiger partial charge in [0.15, 0.2) is 0 Å². The second kappa shape index (κ2) is 12.9. The molecule has 3 heterocycles. The van der Waals surface area contributed by atoms with Gasteiger partial charge in [0.25, 0.3) is 0 Å². The van der Waals surface area contributed by atoms with Crippen LogP contribution in [0.4, 0.5) is 30.7 Å². The van der Waals surface area contributed by atoms with Crippen LogP contribution in [0.5, 0.6) is 0 Å². The number of carbonyl (C=O) groups excluding carboxylic acids is 1. The summed E-state index contributed by atoms with van der Waals surface area (Å²) < 4.78 is 76.5. The predicted octanol–water partition coefficient (Wildman–Crippen LogP) is 4.13. The van der Waals surface area contributed by atoms with Crippen LogP contribution in [0.3, 0.4) is 0 Å². The van der Waals surface area contributed by atoms with Crippen LogP contribution in [0.25, 0.3) is 0 Å². The number of carbonyl (C=O) groups is 3. The minimum atomic E-state index is -5.08. The number of pyridine rings is 1. The lowest BCUT2D eigenvalue weighted by Crippen LogP contribution is -2.53. The first-order valence-electron chi connectivity index (χ1n) is 11.3. The highest BCUT2D eigenvalue weighted by Crippen LogP contribution is 2.43. The number of aliphatic carboxylic acids is 2. The number of carboxylic acid groups (broad SMARTS) is 2. The van der Waals surface area contributed by atoms with Crippen LogP contribution < -0.4 is 5.32 Å². The third-order valence-electron chi connectivity index (χ3n) is 6.08. The third-order valence-corrected chi connectivity index (χ3v) is 6.08. The van der Waals surface area contributed by atoms with Crippen molar-refractivity contribution in [2.45, 2.75) is 49.6 Å². The summed E-state index contributed by atoms with van der Waals surface area (Å²) in [5, 5.41) is 17.5. The fraction of sp³-hybridized carbons (Fsp3) is 0.417. The second-order valence-corrected chi connectivity index (χ2v) is 8.76. The molecular formula is C24H24F7N3O5.